The van der Waals surface area contributed by atoms with Crippen molar-refractivity contribution in [1.29, 1.82) is 0 Å². The molecule has 0 aliphatic carbocycles. The average Bonchev–Trinajstić information content (AvgIpc) is 3.00. The van der Waals surface area contributed by atoms with Crippen molar-refractivity contribution in [3.05, 3.63) is 45.2 Å². The van der Waals surface area contributed by atoms with Gasteiger partial charge in [-0.2, -0.15) is 5.10 Å². The van der Waals surface area contributed by atoms with Gasteiger partial charge < -0.3 is 14.8 Å². The van der Waals surface area contributed by atoms with Crippen LogP contribution in [-0.4, -0.2) is 36.3 Å². The number of methoxy groups -OCH3 is 2. The van der Waals surface area contributed by atoms with Crippen molar-refractivity contribution >= 4 is 27.8 Å². The minimum Gasteiger partial charge on any atom is -0.496 e. The lowest BCUT2D eigenvalue weighted by Crippen LogP contribution is -2.23. The Morgan fingerprint density at radius 1 is 1.32 bits per heavy atom. The van der Waals surface area contributed by atoms with E-state index in [9.17, 15) is 9.59 Å². The molecule has 8 heteroatoms. The van der Waals surface area contributed by atoms with Crippen molar-refractivity contribution in [2.24, 2.45) is 0 Å². The largest absolute Gasteiger partial charge is 0.496 e. The summed E-state index contributed by atoms with van der Waals surface area (Å²) in [6, 6.07) is 5.06. The fourth-order valence-corrected chi connectivity index (χ4v) is 3.09. The molecule has 25 heavy (non-hydrogen) atoms. The molecule has 0 fully saturated rings. The molecule has 1 aromatic heterocycles. The van der Waals surface area contributed by atoms with Crippen molar-refractivity contribution in [3.63, 3.8) is 0 Å². The maximum atomic E-state index is 12.3. The van der Waals surface area contributed by atoms with Gasteiger partial charge in [-0.05, 0) is 39.5 Å². The Balaban J connectivity index is 2.13. The second kappa shape index (κ2) is 8.15. The van der Waals surface area contributed by atoms with Crippen LogP contribution in [0.25, 0.3) is 0 Å². The minimum atomic E-state index is -0.498. The third-order valence-corrected chi connectivity index (χ3v) is 4.45. The highest BCUT2D eigenvalue weighted by Crippen LogP contribution is 2.25. The van der Waals surface area contributed by atoms with Gasteiger partial charge in [0.2, 0.25) is 0 Å². The van der Waals surface area contributed by atoms with E-state index < -0.39 is 5.97 Å². The van der Waals surface area contributed by atoms with Gasteiger partial charge in [0.25, 0.3) is 5.91 Å². The van der Waals surface area contributed by atoms with Crippen LogP contribution in [0.5, 0.6) is 5.75 Å². The first kappa shape index (κ1) is 19.0. The molecule has 0 radical (unpaired) electrons. The maximum absolute atomic E-state index is 12.3. The summed E-state index contributed by atoms with van der Waals surface area (Å²) in [6.45, 7) is 4.25. The lowest BCUT2D eigenvalue weighted by Gasteiger charge is -2.10. The van der Waals surface area contributed by atoms with E-state index in [0.717, 1.165) is 11.3 Å². The van der Waals surface area contributed by atoms with Crippen LogP contribution in [0.15, 0.2) is 22.7 Å². The molecule has 2 aromatic rings. The summed E-state index contributed by atoms with van der Waals surface area (Å²) in [5.74, 6) is -0.182. The van der Waals surface area contributed by atoms with E-state index >= 15 is 0 Å². The number of carbonyl (C=O) groups excluding carboxylic acids is 2. The van der Waals surface area contributed by atoms with E-state index in [0.29, 0.717) is 21.5 Å². The fraction of sp³-hybridized carbons (Fsp3) is 0.353. The number of benzene rings is 1. The Hall–Kier alpha value is -2.35. The first-order valence-electron chi connectivity index (χ1n) is 7.66. The quantitative estimate of drug-likeness (QED) is 0.715. The monoisotopic (exact) mass is 409 g/mol. The molecule has 2 N–H and O–H groups in total. The number of hydrogen-bond acceptors (Lipinski definition) is 5. The number of rotatable bonds is 6. The molecule has 2 rings (SSSR count). The summed E-state index contributed by atoms with van der Waals surface area (Å²) in [6.07, 6.45) is 0. The highest BCUT2D eigenvalue weighted by Gasteiger charge is 2.19. The summed E-state index contributed by atoms with van der Waals surface area (Å²) in [5.41, 5.74) is 2.21. The van der Waals surface area contributed by atoms with E-state index in [4.69, 9.17) is 9.47 Å². The molecule has 0 atom stereocenters. The van der Waals surface area contributed by atoms with Gasteiger partial charge in [-0.15, -0.1) is 0 Å². The summed E-state index contributed by atoms with van der Waals surface area (Å²) in [7, 11) is 2.78. The van der Waals surface area contributed by atoms with Crippen LogP contribution in [0.2, 0.25) is 0 Å². The van der Waals surface area contributed by atoms with E-state index in [1.54, 1.807) is 18.2 Å². The molecule has 1 heterocycles. The van der Waals surface area contributed by atoms with Crippen LogP contribution in [0.1, 0.15) is 51.9 Å². The van der Waals surface area contributed by atoms with Crippen LogP contribution in [0.3, 0.4) is 0 Å². The van der Waals surface area contributed by atoms with Crippen molar-refractivity contribution in [3.8, 4) is 5.75 Å². The number of amides is 1. The molecule has 7 nitrogen and oxygen atoms in total. The molecule has 1 amide bonds. The highest BCUT2D eigenvalue weighted by atomic mass is 79.9. The maximum Gasteiger partial charge on any atom is 0.341 e. The van der Waals surface area contributed by atoms with E-state index in [2.05, 4.69) is 31.4 Å². The molecule has 0 aliphatic rings. The number of aromatic amines is 1. The molecule has 0 aliphatic heterocycles. The number of nitrogens with zero attached hydrogens (tertiary/aromatic N) is 1. The third kappa shape index (κ3) is 4.19. The zero-order valence-electron chi connectivity index (χ0n) is 14.5. The summed E-state index contributed by atoms with van der Waals surface area (Å²) in [4.78, 5) is 24.1. The van der Waals surface area contributed by atoms with Crippen molar-refractivity contribution in [2.45, 2.75) is 26.3 Å². The second-order valence-electron chi connectivity index (χ2n) is 5.66. The molecule has 134 valence electrons. The summed E-state index contributed by atoms with van der Waals surface area (Å²) >= 11 is 3.41. The number of aromatic nitrogens is 2. The van der Waals surface area contributed by atoms with Crippen LogP contribution in [-0.2, 0) is 11.3 Å². The number of ether oxygens (including phenoxy) is 2. The van der Waals surface area contributed by atoms with Crippen molar-refractivity contribution in [1.82, 2.24) is 15.5 Å². The number of nitrogens with one attached hydrogen (secondary N) is 2. The van der Waals surface area contributed by atoms with Gasteiger partial charge in [-0.3, -0.25) is 9.89 Å². The fourth-order valence-electron chi connectivity index (χ4n) is 2.28. The van der Waals surface area contributed by atoms with E-state index in [1.807, 2.05) is 13.8 Å². The van der Waals surface area contributed by atoms with Gasteiger partial charge in [0.1, 0.15) is 11.3 Å². The minimum absolute atomic E-state index is 0.215. The van der Waals surface area contributed by atoms with Crippen molar-refractivity contribution in [2.75, 3.05) is 14.2 Å². The van der Waals surface area contributed by atoms with Gasteiger partial charge >= 0.3 is 5.97 Å². The molecule has 0 unspecified atom stereocenters. The lowest BCUT2D eigenvalue weighted by molar-refractivity contribution is 0.0597. The van der Waals surface area contributed by atoms with Gasteiger partial charge in [0.05, 0.1) is 24.4 Å². The topological polar surface area (TPSA) is 93.3 Å². The van der Waals surface area contributed by atoms with Gasteiger partial charge in [-0.1, -0.05) is 19.9 Å². The Bertz CT molecular complexity index is 786. The molecular formula is C17H20BrN3O4. The molecule has 1 aromatic carbocycles. The number of hydrogen-bond donors (Lipinski definition) is 2. The number of H-pyrrole nitrogens is 1. The van der Waals surface area contributed by atoms with Crippen molar-refractivity contribution < 1.29 is 19.1 Å². The molecule has 0 spiro atoms. The van der Waals surface area contributed by atoms with Gasteiger partial charge in [0, 0.05) is 6.54 Å². The summed E-state index contributed by atoms with van der Waals surface area (Å²) in [5, 5.41) is 9.71. The predicted octanol–water partition coefficient (Wildman–Crippen LogP) is 3.02. The average molecular weight is 410 g/mol. The zero-order chi connectivity index (χ0) is 18.6. The van der Waals surface area contributed by atoms with Crippen LogP contribution in [0.4, 0.5) is 0 Å². The Labute approximate surface area is 154 Å². The normalized spacial score (nSPS) is 10.6. The first-order valence-corrected chi connectivity index (χ1v) is 8.45. The Morgan fingerprint density at radius 3 is 2.60 bits per heavy atom. The molecular weight excluding hydrogens is 390 g/mol. The number of esters is 1. The van der Waals surface area contributed by atoms with Crippen LogP contribution < -0.4 is 10.1 Å². The lowest BCUT2D eigenvalue weighted by atomic mass is 10.1. The second-order valence-corrected chi connectivity index (χ2v) is 6.46. The molecule has 0 saturated carbocycles. The number of halogens is 1. The number of carbonyl (C=O) groups is 2. The van der Waals surface area contributed by atoms with E-state index in [-0.39, 0.29) is 18.4 Å². The molecule has 0 saturated heterocycles. The smallest absolute Gasteiger partial charge is 0.341 e. The third-order valence-electron chi connectivity index (χ3n) is 3.65. The molecule has 0 bridgehead atoms. The SMILES string of the molecule is COC(=O)c1cc(CNC(=O)c2n[nH]c(C(C)C)c2Br)ccc1OC. The van der Waals surface area contributed by atoms with Crippen LogP contribution in [0, 0.1) is 0 Å². The van der Waals surface area contributed by atoms with Crippen LogP contribution >= 0.6 is 15.9 Å². The standard InChI is InChI=1S/C17H20BrN3O4/c1-9(2)14-13(18)15(21-20-14)16(22)19-8-10-5-6-12(24-3)11(7-10)17(23)25-4/h5-7,9H,8H2,1-4H3,(H,19,22)(H,20,21). The Kier molecular flexibility index (Phi) is 6.19. The highest BCUT2D eigenvalue weighted by molar-refractivity contribution is 9.10. The zero-order valence-corrected chi connectivity index (χ0v) is 16.1. The van der Waals surface area contributed by atoms with Gasteiger partial charge in [-0.25, -0.2) is 4.79 Å². The first-order chi connectivity index (χ1) is 11.9. The van der Waals surface area contributed by atoms with Gasteiger partial charge in [0.15, 0.2) is 5.69 Å². The predicted molar refractivity (Wildman–Crippen MR) is 95.9 cm³/mol. The Morgan fingerprint density at radius 2 is 2.04 bits per heavy atom. The summed E-state index contributed by atoms with van der Waals surface area (Å²) < 4.78 is 10.6. The van der Waals surface area contributed by atoms with E-state index in [1.165, 1.54) is 14.2 Å².